The number of hydrogen-bond donors (Lipinski definition) is 1. The number of furan rings is 1. The summed E-state index contributed by atoms with van der Waals surface area (Å²) in [4.78, 5) is 24.3. The van der Waals surface area contributed by atoms with Crippen molar-refractivity contribution in [2.24, 2.45) is 5.92 Å². The fourth-order valence-corrected chi connectivity index (χ4v) is 4.04. The number of aryl methyl sites for hydroxylation is 2. The van der Waals surface area contributed by atoms with Crippen LogP contribution >= 0.6 is 0 Å². The van der Waals surface area contributed by atoms with Crippen LogP contribution in [0.15, 0.2) is 29.0 Å². The van der Waals surface area contributed by atoms with Gasteiger partial charge in [0.15, 0.2) is 0 Å². The van der Waals surface area contributed by atoms with E-state index in [1.807, 2.05) is 18.3 Å². The molecule has 1 aliphatic heterocycles. The molecular formula is C21H28N4O2. The lowest BCUT2D eigenvalue weighted by atomic mass is 9.86. The first kappa shape index (κ1) is 18.0. The van der Waals surface area contributed by atoms with Crippen LogP contribution in [0.2, 0.25) is 0 Å². The fraction of sp³-hybridized carbons (Fsp3) is 0.571. The highest BCUT2D eigenvalue weighted by atomic mass is 16.3. The van der Waals surface area contributed by atoms with E-state index in [2.05, 4.69) is 22.1 Å². The van der Waals surface area contributed by atoms with E-state index >= 15 is 0 Å². The molecule has 1 saturated heterocycles. The molecule has 6 nitrogen and oxygen atoms in total. The molecule has 2 aromatic rings. The standard InChI is InChI=1S/C21H28N4O2/c1-15(6-8-18-5-4-12-27-18)23-20(26)16-7-9-19-17(13-16)14-22-21(24-19)25-10-2-3-11-25/h4-5,12,14-16H,2-3,6-11,13H2,1H3,(H,23,26)/t15-,16-/m1/s1. The Kier molecular flexibility index (Phi) is 5.41. The van der Waals surface area contributed by atoms with Crippen molar-refractivity contribution in [1.82, 2.24) is 15.3 Å². The minimum absolute atomic E-state index is 0.0183. The molecule has 1 amide bonds. The van der Waals surface area contributed by atoms with Gasteiger partial charge in [-0.05, 0) is 63.1 Å². The molecule has 6 heteroatoms. The zero-order valence-electron chi connectivity index (χ0n) is 16.0. The zero-order chi connectivity index (χ0) is 18.6. The number of rotatable bonds is 6. The van der Waals surface area contributed by atoms with E-state index in [-0.39, 0.29) is 17.9 Å². The maximum atomic E-state index is 12.7. The Balaban J connectivity index is 1.31. The number of nitrogens with zero attached hydrogens (tertiary/aromatic N) is 3. The van der Waals surface area contributed by atoms with Gasteiger partial charge >= 0.3 is 0 Å². The van der Waals surface area contributed by atoms with Gasteiger partial charge in [-0.25, -0.2) is 9.97 Å². The molecule has 2 aliphatic rings. The second kappa shape index (κ2) is 8.11. The van der Waals surface area contributed by atoms with Gasteiger partial charge in [0.05, 0.1) is 6.26 Å². The summed E-state index contributed by atoms with van der Waals surface area (Å²) in [6.07, 6.45) is 10.3. The van der Waals surface area contributed by atoms with Crippen molar-refractivity contribution in [2.75, 3.05) is 18.0 Å². The molecule has 3 heterocycles. The predicted octanol–water partition coefficient (Wildman–Crippen LogP) is 2.91. The quantitative estimate of drug-likeness (QED) is 0.849. The zero-order valence-corrected chi connectivity index (χ0v) is 16.0. The van der Waals surface area contributed by atoms with Crippen molar-refractivity contribution >= 4 is 11.9 Å². The number of carbonyl (C=O) groups is 1. The highest BCUT2D eigenvalue weighted by Crippen LogP contribution is 2.26. The van der Waals surface area contributed by atoms with Crippen molar-refractivity contribution in [1.29, 1.82) is 0 Å². The van der Waals surface area contributed by atoms with Gasteiger partial charge in [-0.2, -0.15) is 0 Å². The van der Waals surface area contributed by atoms with Gasteiger partial charge in [-0.15, -0.1) is 0 Å². The van der Waals surface area contributed by atoms with Crippen LogP contribution in [-0.2, 0) is 24.1 Å². The van der Waals surface area contributed by atoms with E-state index < -0.39 is 0 Å². The monoisotopic (exact) mass is 368 g/mol. The average molecular weight is 368 g/mol. The van der Waals surface area contributed by atoms with Crippen LogP contribution < -0.4 is 10.2 Å². The lowest BCUT2D eigenvalue weighted by Crippen LogP contribution is -2.39. The molecule has 2 aromatic heterocycles. The Hall–Kier alpha value is -2.37. The SMILES string of the molecule is C[C@H](CCc1ccco1)NC(=O)[C@@H]1CCc2nc(N3CCCC3)ncc2C1. The molecule has 0 spiro atoms. The maximum absolute atomic E-state index is 12.7. The van der Waals surface area contributed by atoms with Crippen molar-refractivity contribution in [3.63, 3.8) is 0 Å². The van der Waals surface area contributed by atoms with Crippen molar-refractivity contribution in [2.45, 2.75) is 57.9 Å². The van der Waals surface area contributed by atoms with Gasteiger partial charge < -0.3 is 14.6 Å². The van der Waals surface area contributed by atoms with Crippen LogP contribution in [0.1, 0.15) is 49.6 Å². The first-order chi connectivity index (χ1) is 13.2. The first-order valence-electron chi connectivity index (χ1n) is 10.1. The second-order valence-corrected chi connectivity index (χ2v) is 7.80. The van der Waals surface area contributed by atoms with Gasteiger partial charge in [-0.3, -0.25) is 4.79 Å². The molecule has 1 fully saturated rings. The van der Waals surface area contributed by atoms with Crippen LogP contribution in [0, 0.1) is 5.92 Å². The molecule has 4 rings (SSSR count). The Bertz CT molecular complexity index is 768. The Morgan fingerprint density at radius 2 is 2.26 bits per heavy atom. The number of hydrogen-bond acceptors (Lipinski definition) is 5. The lowest BCUT2D eigenvalue weighted by molar-refractivity contribution is -0.126. The minimum atomic E-state index is 0.0183. The van der Waals surface area contributed by atoms with Crippen LogP contribution in [0.3, 0.4) is 0 Å². The topological polar surface area (TPSA) is 71.3 Å². The third kappa shape index (κ3) is 4.31. The smallest absolute Gasteiger partial charge is 0.225 e. The molecule has 27 heavy (non-hydrogen) atoms. The van der Waals surface area contributed by atoms with Gasteiger partial charge in [-0.1, -0.05) is 0 Å². The Morgan fingerprint density at radius 1 is 1.41 bits per heavy atom. The summed E-state index contributed by atoms with van der Waals surface area (Å²) in [6, 6.07) is 4.01. The summed E-state index contributed by atoms with van der Waals surface area (Å²) >= 11 is 0. The molecule has 1 N–H and O–H groups in total. The number of amides is 1. The summed E-state index contributed by atoms with van der Waals surface area (Å²) in [5.74, 6) is 2.00. The molecule has 144 valence electrons. The van der Waals surface area contributed by atoms with Crippen LogP contribution in [0.25, 0.3) is 0 Å². The largest absolute Gasteiger partial charge is 0.469 e. The van der Waals surface area contributed by atoms with Gasteiger partial charge in [0.1, 0.15) is 5.76 Å². The van der Waals surface area contributed by atoms with E-state index in [0.29, 0.717) is 0 Å². The van der Waals surface area contributed by atoms with Gasteiger partial charge in [0.25, 0.3) is 0 Å². The van der Waals surface area contributed by atoms with Crippen molar-refractivity contribution in [3.05, 3.63) is 41.6 Å². The Labute approximate surface area is 160 Å². The lowest BCUT2D eigenvalue weighted by Gasteiger charge is -2.26. The minimum Gasteiger partial charge on any atom is -0.469 e. The highest BCUT2D eigenvalue weighted by Gasteiger charge is 2.27. The number of nitrogens with one attached hydrogen (secondary N) is 1. The molecule has 0 aromatic carbocycles. The summed E-state index contributed by atoms with van der Waals surface area (Å²) in [5.41, 5.74) is 2.26. The molecule has 0 bridgehead atoms. The number of fused-ring (bicyclic) bond motifs is 1. The summed E-state index contributed by atoms with van der Waals surface area (Å²) in [7, 11) is 0. The normalized spacial score (nSPS) is 20.3. The second-order valence-electron chi connectivity index (χ2n) is 7.80. The van der Waals surface area contributed by atoms with Crippen LogP contribution in [0.5, 0.6) is 0 Å². The van der Waals surface area contributed by atoms with E-state index in [1.54, 1.807) is 6.26 Å². The highest BCUT2D eigenvalue weighted by molar-refractivity contribution is 5.79. The predicted molar refractivity (Wildman–Crippen MR) is 104 cm³/mol. The third-order valence-corrected chi connectivity index (χ3v) is 5.69. The van der Waals surface area contributed by atoms with E-state index in [0.717, 1.165) is 68.2 Å². The van der Waals surface area contributed by atoms with Crippen molar-refractivity contribution < 1.29 is 9.21 Å². The number of aromatic nitrogens is 2. The average Bonchev–Trinajstić information content (AvgIpc) is 3.39. The molecular weight excluding hydrogens is 340 g/mol. The first-order valence-corrected chi connectivity index (χ1v) is 10.1. The van der Waals surface area contributed by atoms with Gasteiger partial charge in [0, 0.05) is 43.4 Å². The number of anilines is 1. The van der Waals surface area contributed by atoms with Gasteiger partial charge in [0.2, 0.25) is 11.9 Å². The van der Waals surface area contributed by atoms with E-state index in [1.165, 1.54) is 12.8 Å². The molecule has 0 saturated carbocycles. The fourth-order valence-electron chi connectivity index (χ4n) is 4.04. The molecule has 2 atom stereocenters. The molecule has 0 unspecified atom stereocenters. The molecule has 1 aliphatic carbocycles. The summed E-state index contributed by atoms with van der Waals surface area (Å²) in [5, 5.41) is 3.17. The van der Waals surface area contributed by atoms with Crippen LogP contribution in [0.4, 0.5) is 5.95 Å². The summed E-state index contributed by atoms with van der Waals surface area (Å²) in [6.45, 7) is 4.17. The van der Waals surface area contributed by atoms with Crippen LogP contribution in [-0.4, -0.2) is 35.0 Å². The Morgan fingerprint density at radius 3 is 3.04 bits per heavy atom. The van der Waals surface area contributed by atoms with Crippen molar-refractivity contribution in [3.8, 4) is 0 Å². The van der Waals surface area contributed by atoms with E-state index in [9.17, 15) is 4.79 Å². The molecule has 0 radical (unpaired) electrons. The maximum Gasteiger partial charge on any atom is 0.225 e. The number of carbonyl (C=O) groups excluding carboxylic acids is 1. The summed E-state index contributed by atoms with van der Waals surface area (Å²) < 4.78 is 5.36. The van der Waals surface area contributed by atoms with E-state index in [4.69, 9.17) is 9.40 Å². The third-order valence-electron chi connectivity index (χ3n) is 5.69.